The van der Waals surface area contributed by atoms with Gasteiger partial charge in [0.2, 0.25) is 5.90 Å². The number of esters is 1. The van der Waals surface area contributed by atoms with Crippen molar-refractivity contribution in [3.63, 3.8) is 0 Å². The maximum Gasteiger partial charge on any atom is 0.332 e. The Morgan fingerprint density at radius 2 is 1.20 bits per heavy atom. The van der Waals surface area contributed by atoms with E-state index < -0.39 is 29.8 Å². The van der Waals surface area contributed by atoms with Crippen LogP contribution in [0.2, 0.25) is 0 Å². The summed E-state index contributed by atoms with van der Waals surface area (Å²) in [5.74, 6) is -2.44. The molecule has 2 aliphatic carbocycles. The number of Topliss-reactive ketones (excluding diaryl/α,β-unsaturated/α-hetero) is 2. The second kappa shape index (κ2) is 15.0. The maximum atomic E-state index is 13.6. The van der Waals surface area contributed by atoms with Crippen LogP contribution in [0.3, 0.4) is 0 Å². The average molecular weight is 564 g/mol. The molecule has 0 aliphatic heterocycles. The lowest BCUT2D eigenvalue weighted by atomic mass is 9.74. The van der Waals surface area contributed by atoms with E-state index in [0.29, 0.717) is 23.7 Å². The van der Waals surface area contributed by atoms with Crippen molar-refractivity contribution in [1.29, 1.82) is 0 Å². The van der Waals surface area contributed by atoms with Crippen LogP contribution in [-0.2, 0) is 23.9 Å². The summed E-state index contributed by atoms with van der Waals surface area (Å²) in [6, 6.07) is -0.901. The van der Waals surface area contributed by atoms with E-state index in [9.17, 15) is 19.2 Å². The Bertz CT molecular complexity index is 932. The summed E-state index contributed by atoms with van der Waals surface area (Å²) in [6.45, 7) is 17.2. The second-order valence-corrected chi connectivity index (χ2v) is 13.2. The van der Waals surface area contributed by atoms with Crippen molar-refractivity contribution in [3.05, 3.63) is 0 Å². The molecule has 9 nitrogen and oxygen atoms in total. The first-order valence-corrected chi connectivity index (χ1v) is 15.1. The number of nitrogens with two attached hydrogens (primary N) is 1. The summed E-state index contributed by atoms with van der Waals surface area (Å²) >= 11 is 0. The summed E-state index contributed by atoms with van der Waals surface area (Å²) in [7, 11) is 0. The Kier molecular flexibility index (Phi) is 12.6. The van der Waals surface area contributed by atoms with Crippen LogP contribution in [0.5, 0.6) is 0 Å². The molecule has 9 heteroatoms. The largest absolute Gasteiger partial charge is 0.476 e. The predicted octanol–water partition coefficient (Wildman–Crippen LogP) is 5.50. The SMILES string of the molecule is CC(=O)C(C(=O)OC1CC(C)CCC1C(C)C)C(C)C(C(C)=O)/C(=N\NC(N)=O)OC1CC(C)CCC1C(C)C. The summed E-state index contributed by atoms with van der Waals surface area (Å²) in [5, 5.41) is 4.13. The van der Waals surface area contributed by atoms with E-state index in [0.717, 1.165) is 38.5 Å². The number of urea groups is 1. The third-order valence-electron chi connectivity index (χ3n) is 9.19. The average Bonchev–Trinajstić information content (AvgIpc) is 2.81. The van der Waals surface area contributed by atoms with Gasteiger partial charge in [-0.25, -0.2) is 10.2 Å². The lowest BCUT2D eigenvalue weighted by Crippen LogP contribution is -2.46. The van der Waals surface area contributed by atoms with Crippen molar-refractivity contribution in [1.82, 2.24) is 5.43 Å². The van der Waals surface area contributed by atoms with Crippen LogP contribution in [-0.4, -0.2) is 41.7 Å². The summed E-state index contributed by atoms with van der Waals surface area (Å²) in [5.41, 5.74) is 7.52. The number of carbonyl (C=O) groups excluding carboxylic acids is 4. The van der Waals surface area contributed by atoms with Gasteiger partial charge in [0.05, 0.1) is 5.92 Å². The molecule has 2 saturated carbocycles. The molecule has 0 saturated heterocycles. The number of hydrogen-bond donors (Lipinski definition) is 2. The van der Waals surface area contributed by atoms with Gasteiger partial charge >= 0.3 is 12.0 Å². The van der Waals surface area contributed by atoms with Crippen LogP contribution in [0.1, 0.15) is 101 Å². The number of ether oxygens (including phenoxy) is 2. The molecule has 3 N–H and O–H groups in total. The highest BCUT2D eigenvalue weighted by Crippen LogP contribution is 2.38. The van der Waals surface area contributed by atoms with Crippen molar-refractivity contribution in [3.8, 4) is 0 Å². The molecule has 228 valence electrons. The highest BCUT2D eigenvalue weighted by molar-refractivity contribution is 6.04. The van der Waals surface area contributed by atoms with E-state index in [4.69, 9.17) is 15.2 Å². The van der Waals surface area contributed by atoms with E-state index in [1.54, 1.807) is 6.92 Å². The highest BCUT2D eigenvalue weighted by atomic mass is 16.5. The van der Waals surface area contributed by atoms with E-state index in [-0.39, 0.29) is 41.5 Å². The highest BCUT2D eigenvalue weighted by Gasteiger charge is 2.44. The molecule has 0 aromatic heterocycles. The number of primary amides is 1. The molecule has 9 unspecified atom stereocenters. The summed E-state index contributed by atoms with van der Waals surface area (Å²) in [4.78, 5) is 51.3. The van der Waals surface area contributed by atoms with Crippen LogP contribution in [0.4, 0.5) is 4.79 Å². The van der Waals surface area contributed by atoms with Gasteiger partial charge in [0.15, 0.2) is 0 Å². The van der Waals surface area contributed by atoms with Crippen molar-refractivity contribution >= 4 is 29.5 Å². The number of nitrogens with zero attached hydrogens (tertiary/aromatic N) is 1. The molecule has 2 amide bonds. The van der Waals surface area contributed by atoms with Gasteiger partial charge in [-0.2, -0.15) is 0 Å². The number of amides is 2. The molecule has 2 aliphatic rings. The lowest BCUT2D eigenvalue weighted by Gasteiger charge is -2.39. The van der Waals surface area contributed by atoms with Crippen molar-refractivity contribution in [2.45, 2.75) is 113 Å². The van der Waals surface area contributed by atoms with Gasteiger partial charge in [-0.3, -0.25) is 14.4 Å². The number of rotatable bonds is 11. The minimum absolute atomic E-state index is 0.0195. The maximum absolute atomic E-state index is 13.6. The fourth-order valence-corrected chi connectivity index (χ4v) is 6.87. The molecule has 0 spiro atoms. The van der Waals surface area contributed by atoms with Gasteiger partial charge in [0.25, 0.3) is 0 Å². The molecular weight excluding hydrogens is 510 g/mol. The third kappa shape index (κ3) is 9.03. The van der Waals surface area contributed by atoms with Crippen LogP contribution in [0.15, 0.2) is 5.10 Å². The van der Waals surface area contributed by atoms with Crippen LogP contribution >= 0.6 is 0 Å². The fraction of sp³-hybridized carbons (Fsp3) is 0.839. The van der Waals surface area contributed by atoms with E-state index in [1.165, 1.54) is 13.8 Å². The van der Waals surface area contributed by atoms with E-state index in [1.807, 2.05) is 0 Å². The lowest BCUT2D eigenvalue weighted by molar-refractivity contribution is -0.165. The summed E-state index contributed by atoms with van der Waals surface area (Å²) in [6.07, 6.45) is 5.10. The molecule has 2 rings (SSSR count). The number of carbonyl (C=O) groups is 4. The van der Waals surface area contributed by atoms with Gasteiger partial charge < -0.3 is 15.2 Å². The Morgan fingerprint density at radius 3 is 1.60 bits per heavy atom. The van der Waals surface area contributed by atoms with Crippen LogP contribution < -0.4 is 11.2 Å². The quantitative estimate of drug-likeness (QED) is 0.112. The van der Waals surface area contributed by atoms with Gasteiger partial charge in [-0.05, 0) is 81.0 Å². The summed E-state index contributed by atoms with van der Waals surface area (Å²) < 4.78 is 12.5. The van der Waals surface area contributed by atoms with Crippen molar-refractivity contribution in [2.24, 2.45) is 64.1 Å². The fourth-order valence-electron chi connectivity index (χ4n) is 6.87. The first-order valence-electron chi connectivity index (χ1n) is 15.1. The molecule has 0 aromatic carbocycles. The van der Waals surface area contributed by atoms with Crippen LogP contribution in [0, 0.1) is 53.3 Å². The zero-order chi connectivity index (χ0) is 30.3. The van der Waals surface area contributed by atoms with Gasteiger partial charge in [-0.15, -0.1) is 5.10 Å². The number of hydrazone groups is 1. The van der Waals surface area contributed by atoms with Gasteiger partial charge in [0, 0.05) is 0 Å². The topological polar surface area (TPSA) is 137 Å². The molecular formula is C31H53N3O6. The zero-order valence-corrected chi connectivity index (χ0v) is 26.1. The molecule has 0 radical (unpaired) electrons. The monoisotopic (exact) mass is 563 g/mol. The molecule has 0 aromatic rings. The first kappa shape index (κ1) is 33.8. The Hall–Kier alpha value is -2.45. The molecule has 0 heterocycles. The van der Waals surface area contributed by atoms with Crippen LogP contribution in [0.25, 0.3) is 0 Å². The number of nitrogens with one attached hydrogen (secondary N) is 1. The smallest absolute Gasteiger partial charge is 0.332 e. The minimum Gasteiger partial charge on any atom is -0.476 e. The predicted molar refractivity (Wildman–Crippen MR) is 155 cm³/mol. The first-order chi connectivity index (χ1) is 18.6. The van der Waals surface area contributed by atoms with Gasteiger partial charge in [0.1, 0.15) is 29.7 Å². The standard InChI is InChI=1S/C31H53N3O6/c1-16(2)23-12-10-18(5)14-25(23)39-29(33-34-31(32)38)27(21(8)35)20(7)28(22(9)36)30(37)40-26-15-19(6)11-13-24(26)17(3)4/h16-20,23-28H,10-15H2,1-9H3,(H3,32,34,38)/b33-29+. The molecule has 0 bridgehead atoms. The Labute approximate surface area is 240 Å². The zero-order valence-electron chi connectivity index (χ0n) is 26.1. The van der Waals surface area contributed by atoms with E-state index >= 15 is 0 Å². The normalized spacial score (nSPS) is 29.8. The number of hydrogen-bond acceptors (Lipinski definition) is 7. The van der Waals surface area contributed by atoms with E-state index in [2.05, 4.69) is 52.1 Å². The van der Waals surface area contributed by atoms with Crippen molar-refractivity contribution in [2.75, 3.05) is 0 Å². The minimum atomic E-state index is -1.19. The number of ketones is 2. The second-order valence-electron chi connectivity index (χ2n) is 13.2. The van der Waals surface area contributed by atoms with Crippen molar-refractivity contribution < 1.29 is 28.7 Å². The molecule has 2 fully saturated rings. The Balaban J connectivity index is 2.41. The molecule has 9 atom stereocenters. The Morgan fingerprint density at radius 1 is 0.750 bits per heavy atom. The van der Waals surface area contributed by atoms with Gasteiger partial charge in [-0.1, -0.05) is 61.3 Å². The molecule has 40 heavy (non-hydrogen) atoms. The third-order valence-corrected chi connectivity index (χ3v) is 9.19.